The summed E-state index contributed by atoms with van der Waals surface area (Å²) in [6.07, 6.45) is 3.89. The highest BCUT2D eigenvalue weighted by atomic mass is 16.7. The van der Waals surface area contributed by atoms with Gasteiger partial charge in [-0.15, -0.1) is 0 Å². The second kappa shape index (κ2) is 5.85. The van der Waals surface area contributed by atoms with E-state index in [0.717, 1.165) is 24.8 Å². The molecule has 1 spiro atoms. The standard InChI is InChI=1S/C16H26O6/c1-14-9-13(17)15(18,10-20-11-19-2)8-12(14)4-3-5-16(14)21-6-7-22-16/h8,13,17-18H,3-7,9-11H2,1-2H3/t13?,14-,15?/m0/s1. The second-order valence-electron chi connectivity index (χ2n) is 6.77. The lowest BCUT2D eigenvalue weighted by Gasteiger charge is -2.54. The minimum absolute atomic E-state index is 0.0102. The molecule has 2 aliphatic carbocycles. The molecule has 3 aliphatic rings. The topological polar surface area (TPSA) is 77.4 Å². The van der Waals surface area contributed by atoms with Gasteiger partial charge in [-0.05, 0) is 25.3 Å². The first-order valence-electron chi connectivity index (χ1n) is 7.93. The molecule has 0 radical (unpaired) electrons. The van der Waals surface area contributed by atoms with E-state index < -0.39 is 22.9 Å². The van der Waals surface area contributed by atoms with E-state index in [4.69, 9.17) is 18.9 Å². The average Bonchev–Trinajstić information content (AvgIpc) is 2.94. The van der Waals surface area contributed by atoms with Gasteiger partial charge < -0.3 is 29.2 Å². The Labute approximate surface area is 131 Å². The summed E-state index contributed by atoms with van der Waals surface area (Å²) < 4.78 is 22.0. The minimum Gasteiger partial charge on any atom is -0.390 e. The van der Waals surface area contributed by atoms with E-state index >= 15 is 0 Å². The maximum atomic E-state index is 10.8. The molecule has 0 bridgehead atoms. The number of aliphatic hydroxyl groups is 2. The summed E-state index contributed by atoms with van der Waals surface area (Å²) in [4.78, 5) is 0. The van der Waals surface area contributed by atoms with Crippen LogP contribution in [0.15, 0.2) is 11.6 Å². The Kier molecular flexibility index (Phi) is 4.35. The Balaban J connectivity index is 1.88. The normalized spacial score (nSPS) is 40.5. The molecule has 3 atom stereocenters. The summed E-state index contributed by atoms with van der Waals surface area (Å²) in [6.45, 7) is 3.34. The van der Waals surface area contributed by atoms with Crippen molar-refractivity contribution in [2.24, 2.45) is 5.41 Å². The van der Waals surface area contributed by atoms with Crippen LogP contribution >= 0.6 is 0 Å². The molecular weight excluding hydrogens is 288 g/mol. The Morgan fingerprint density at radius 1 is 1.36 bits per heavy atom. The van der Waals surface area contributed by atoms with Gasteiger partial charge in [0.25, 0.3) is 0 Å². The fourth-order valence-electron chi connectivity index (χ4n) is 4.13. The van der Waals surface area contributed by atoms with E-state index in [1.807, 2.05) is 0 Å². The highest BCUT2D eigenvalue weighted by Gasteiger charge is 2.60. The molecule has 0 aromatic heterocycles. The van der Waals surface area contributed by atoms with Crippen LogP contribution in [-0.2, 0) is 18.9 Å². The maximum Gasteiger partial charge on any atom is 0.177 e. The van der Waals surface area contributed by atoms with Crippen LogP contribution < -0.4 is 0 Å². The van der Waals surface area contributed by atoms with Crippen molar-refractivity contribution in [2.45, 2.75) is 50.1 Å². The smallest absolute Gasteiger partial charge is 0.177 e. The molecule has 22 heavy (non-hydrogen) atoms. The molecule has 6 heteroatoms. The van der Waals surface area contributed by atoms with Crippen LogP contribution in [0.4, 0.5) is 0 Å². The van der Waals surface area contributed by atoms with Crippen LogP contribution in [0.3, 0.4) is 0 Å². The number of ether oxygens (including phenoxy) is 4. The zero-order valence-electron chi connectivity index (χ0n) is 13.3. The largest absolute Gasteiger partial charge is 0.390 e. The van der Waals surface area contributed by atoms with Gasteiger partial charge in [-0.2, -0.15) is 0 Å². The third-order valence-electron chi connectivity index (χ3n) is 5.39. The number of hydrogen-bond donors (Lipinski definition) is 2. The predicted octanol–water partition coefficient (Wildman–Crippen LogP) is 0.962. The van der Waals surface area contributed by atoms with Crippen molar-refractivity contribution < 1.29 is 29.2 Å². The van der Waals surface area contributed by atoms with Crippen molar-refractivity contribution in [3.8, 4) is 0 Å². The quantitative estimate of drug-likeness (QED) is 0.457. The number of aliphatic hydroxyl groups excluding tert-OH is 1. The van der Waals surface area contributed by atoms with E-state index in [0.29, 0.717) is 19.6 Å². The summed E-state index contributed by atoms with van der Waals surface area (Å²) in [6, 6.07) is 0. The summed E-state index contributed by atoms with van der Waals surface area (Å²) in [5, 5.41) is 21.3. The number of fused-ring (bicyclic) bond motifs is 2. The number of methoxy groups -OCH3 is 1. The summed E-state index contributed by atoms with van der Waals surface area (Å²) in [5.41, 5.74) is -0.700. The van der Waals surface area contributed by atoms with Gasteiger partial charge in [-0.1, -0.05) is 12.5 Å². The molecule has 2 N–H and O–H groups in total. The van der Waals surface area contributed by atoms with E-state index in [2.05, 4.69) is 6.92 Å². The molecule has 2 fully saturated rings. The SMILES string of the molecule is COCOCC1(O)C=C2CCCC3(OCCO3)[C@@]2(C)CC1O. The first-order chi connectivity index (χ1) is 10.5. The zero-order valence-corrected chi connectivity index (χ0v) is 13.3. The van der Waals surface area contributed by atoms with Crippen LogP contribution in [0, 0.1) is 5.41 Å². The number of hydrogen-bond acceptors (Lipinski definition) is 6. The third kappa shape index (κ3) is 2.42. The van der Waals surface area contributed by atoms with Crippen molar-refractivity contribution in [2.75, 3.05) is 33.7 Å². The van der Waals surface area contributed by atoms with Gasteiger partial charge in [0, 0.05) is 18.9 Å². The molecule has 6 nitrogen and oxygen atoms in total. The maximum absolute atomic E-state index is 10.8. The van der Waals surface area contributed by atoms with Gasteiger partial charge in [-0.25, -0.2) is 0 Å². The zero-order chi connectivity index (χ0) is 15.8. The van der Waals surface area contributed by atoms with Gasteiger partial charge >= 0.3 is 0 Å². The monoisotopic (exact) mass is 314 g/mol. The summed E-state index contributed by atoms with van der Waals surface area (Å²) >= 11 is 0. The van der Waals surface area contributed by atoms with Crippen LogP contribution in [0.5, 0.6) is 0 Å². The van der Waals surface area contributed by atoms with Crippen LogP contribution in [0.2, 0.25) is 0 Å². The summed E-state index contributed by atoms with van der Waals surface area (Å²) in [7, 11) is 1.52. The van der Waals surface area contributed by atoms with Crippen LogP contribution in [-0.4, -0.2) is 61.4 Å². The number of rotatable bonds is 4. The predicted molar refractivity (Wildman–Crippen MR) is 78.1 cm³/mol. The van der Waals surface area contributed by atoms with Crippen molar-refractivity contribution >= 4 is 0 Å². The molecule has 126 valence electrons. The molecule has 0 amide bonds. The van der Waals surface area contributed by atoms with Crippen molar-refractivity contribution in [3.05, 3.63) is 11.6 Å². The fraction of sp³-hybridized carbons (Fsp3) is 0.875. The van der Waals surface area contributed by atoms with Crippen LogP contribution in [0.25, 0.3) is 0 Å². The molecule has 1 heterocycles. The molecular formula is C16H26O6. The van der Waals surface area contributed by atoms with E-state index in [-0.39, 0.29) is 13.4 Å². The highest BCUT2D eigenvalue weighted by molar-refractivity contribution is 5.31. The van der Waals surface area contributed by atoms with Crippen molar-refractivity contribution in [3.63, 3.8) is 0 Å². The molecule has 0 aromatic carbocycles. The third-order valence-corrected chi connectivity index (χ3v) is 5.39. The second-order valence-corrected chi connectivity index (χ2v) is 6.77. The van der Waals surface area contributed by atoms with Gasteiger partial charge in [0.1, 0.15) is 12.4 Å². The van der Waals surface area contributed by atoms with Gasteiger partial charge in [-0.3, -0.25) is 0 Å². The Bertz CT molecular complexity index is 444. The Morgan fingerprint density at radius 3 is 2.77 bits per heavy atom. The Morgan fingerprint density at radius 2 is 2.09 bits per heavy atom. The van der Waals surface area contributed by atoms with E-state index in [1.165, 1.54) is 7.11 Å². The van der Waals surface area contributed by atoms with Gasteiger partial charge in [0.15, 0.2) is 5.79 Å². The highest BCUT2D eigenvalue weighted by Crippen LogP contribution is 2.57. The van der Waals surface area contributed by atoms with Gasteiger partial charge in [0.2, 0.25) is 0 Å². The minimum atomic E-state index is -1.38. The fourth-order valence-corrected chi connectivity index (χ4v) is 4.13. The van der Waals surface area contributed by atoms with E-state index in [9.17, 15) is 10.2 Å². The first-order valence-corrected chi connectivity index (χ1v) is 7.93. The molecule has 0 aromatic rings. The molecule has 1 saturated carbocycles. The molecule has 3 rings (SSSR count). The van der Waals surface area contributed by atoms with Gasteiger partial charge in [0.05, 0.1) is 25.9 Å². The van der Waals surface area contributed by atoms with Crippen molar-refractivity contribution in [1.82, 2.24) is 0 Å². The first kappa shape index (κ1) is 16.4. The molecule has 1 aliphatic heterocycles. The van der Waals surface area contributed by atoms with E-state index in [1.54, 1.807) is 6.08 Å². The summed E-state index contributed by atoms with van der Waals surface area (Å²) in [5.74, 6) is -0.660. The lowest BCUT2D eigenvalue weighted by molar-refractivity contribution is -0.252. The molecule has 1 saturated heterocycles. The lowest BCUT2D eigenvalue weighted by Crippen LogP contribution is -2.59. The average molecular weight is 314 g/mol. The lowest BCUT2D eigenvalue weighted by atomic mass is 9.59. The van der Waals surface area contributed by atoms with Crippen molar-refractivity contribution in [1.29, 1.82) is 0 Å². The Hall–Kier alpha value is -0.500. The van der Waals surface area contributed by atoms with Crippen LogP contribution in [0.1, 0.15) is 32.6 Å². The molecule has 2 unspecified atom stereocenters.